The standard InChI is InChI=1S/C20H22N4O3/c1-20(2)8-16(9-20)27-6-5-13-7-14-11-23-24(18(14)22-10-13)15-3-4-17(19(25)26)21-12-15/h3-4,7,10-12,16H,5-6,8-9H2,1-2H3,(H,25,26). The van der Waals surface area contributed by atoms with Gasteiger partial charge in [0.2, 0.25) is 0 Å². The largest absolute Gasteiger partial charge is 0.477 e. The van der Waals surface area contributed by atoms with Crippen LogP contribution in [0.4, 0.5) is 0 Å². The number of fused-ring (bicyclic) bond motifs is 1. The van der Waals surface area contributed by atoms with Gasteiger partial charge in [-0.3, -0.25) is 0 Å². The number of aromatic carboxylic acids is 1. The Morgan fingerprint density at radius 2 is 2.07 bits per heavy atom. The van der Waals surface area contributed by atoms with Gasteiger partial charge in [0.1, 0.15) is 5.69 Å². The lowest BCUT2D eigenvalue weighted by molar-refractivity contribution is -0.0638. The molecule has 7 heteroatoms. The van der Waals surface area contributed by atoms with Crippen LogP contribution in [-0.4, -0.2) is 43.5 Å². The van der Waals surface area contributed by atoms with E-state index in [0.717, 1.165) is 30.2 Å². The smallest absolute Gasteiger partial charge is 0.354 e. The zero-order chi connectivity index (χ0) is 19.0. The molecule has 0 aliphatic heterocycles. The van der Waals surface area contributed by atoms with Gasteiger partial charge in [0.25, 0.3) is 0 Å². The Balaban J connectivity index is 1.44. The number of aromatic nitrogens is 4. The fraction of sp³-hybridized carbons (Fsp3) is 0.400. The van der Waals surface area contributed by atoms with Crippen LogP contribution in [0.25, 0.3) is 16.7 Å². The van der Waals surface area contributed by atoms with E-state index in [1.807, 2.05) is 6.20 Å². The number of pyridine rings is 2. The van der Waals surface area contributed by atoms with Gasteiger partial charge in [-0.2, -0.15) is 5.10 Å². The van der Waals surface area contributed by atoms with Gasteiger partial charge in [-0.25, -0.2) is 19.4 Å². The van der Waals surface area contributed by atoms with E-state index < -0.39 is 5.97 Å². The van der Waals surface area contributed by atoms with Crippen LogP contribution in [0.2, 0.25) is 0 Å². The van der Waals surface area contributed by atoms with E-state index in [9.17, 15) is 4.79 Å². The third kappa shape index (κ3) is 3.68. The molecule has 1 aliphatic carbocycles. The number of rotatable bonds is 6. The van der Waals surface area contributed by atoms with Crippen molar-refractivity contribution >= 4 is 17.0 Å². The quantitative estimate of drug-likeness (QED) is 0.720. The molecular formula is C20H22N4O3. The number of hydrogen-bond donors (Lipinski definition) is 1. The van der Waals surface area contributed by atoms with Gasteiger partial charge >= 0.3 is 5.97 Å². The van der Waals surface area contributed by atoms with Crippen LogP contribution < -0.4 is 0 Å². The van der Waals surface area contributed by atoms with Crippen LogP contribution in [0.5, 0.6) is 0 Å². The summed E-state index contributed by atoms with van der Waals surface area (Å²) in [6.45, 7) is 5.24. The lowest BCUT2D eigenvalue weighted by atomic mass is 9.70. The molecule has 0 saturated heterocycles. The summed E-state index contributed by atoms with van der Waals surface area (Å²) in [5, 5.41) is 14.2. The second kappa shape index (κ2) is 6.74. The minimum absolute atomic E-state index is 0.000285. The lowest BCUT2D eigenvalue weighted by Gasteiger charge is -2.42. The van der Waals surface area contributed by atoms with E-state index in [1.54, 1.807) is 16.9 Å². The third-order valence-corrected chi connectivity index (χ3v) is 4.98. The predicted molar refractivity (Wildman–Crippen MR) is 100 cm³/mol. The van der Waals surface area contributed by atoms with Crippen LogP contribution >= 0.6 is 0 Å². The molecule has 140 valence electrons. The van der Waals surface area contributed by atoms with Crippen molar-refractivity contribution in [2.75, 3.05) is 6.61 Å². The first-order chi connectivity index (χ1) is 12.9. The molecule has 3 aromatic rings. The number of carbonyl (C=O) groups is 1. The first-order valence-corrected chi connectivity index (χ1v) is 9.05. The first-order valence-electron chi connectivity index (χ1n) is 9.05. The van der Waals surface area contributed by atoms with Gasteiger partial charge in [-0.1, -0.05) is 13.8 Å². The Morgan fingerprint density at radius 1 is 1.26 bits per heavy atom. The Morgan fingerprint density at radius 3 is 2.74 bits per heavy atom. The van der Waals surface area contributed by atoms with Crippen LogP contribution in [-0.2, 0) is 11.2 Å². The molecule has 1 fully saturated rings. The molecule has 1 N–H and O–H groups in total. The average molecular weight is 366 g/mol. The van der Waals surface area contributed by atoms with Crippen LogP contribution in [0.3, 0.4) is 0 Å². The highest BCUT2D eigenvalue weighted by atomic mass is 16.5. The Labute approximate surface area is 157 Å². The number of nitrogens with zero attached hydrogens (tertiary/aromatic N) is 4. The topological polar surface area (TPSA) is 90.1 Å². The maximum Gasteiger partial charge on any atom is 0.354 e. The Kier molecular flexibility index (Phi) is 4.39. The van der Waals surface area contributed by atoms with Crippen molar-refractivity contribution < 1.29 is 14.6 Å². The van der Waals surface area contributed by atoms with Crippen molar-refractivity contribution in [3.8, 4) is 5.69 Å². The summed E-state index contributed by atoms with van der Waals surface area (Å²) in [7, 11) is 0. The molecule has 4 rings (SSSR count). The summed E-state index contributed by atoms with van der Waals surface area (Å²) < 4.78 is 7.59. The predicted octanol–water partition coefficient (Wildman–Crippen LogP) is 3.26. The summed E-state index contributed by atoms with van der Waals surface area (Å²) in [4.78, 5) is 19.4. The van der Waals surface area contributed by atoms with Gasteiger partial charge in [0.05, 0.1) is 30.8 Å². The molecule has 0 amide bonds. The summed E-state index contributed by atoms with van der Waals surface area (Å²) >= 11 is 0. The molecule has 3 aromatic heterocycles. The molecule has 0 atom stereocenters. The Hall–Kier alpha value is -2.80. The number of hydrogen-bond acceptors (Lipinski definition) is 5. The molecule has 0 radical (unpaired) electrons. The number of ether oxygens (including phenoxy) is 1. The van der Waals surface area contributed by atoms with Gasteiger partial charge in [0.15, 0.2) is 5.65 Å². The monoisotopic (exact) mass is 366 g/mol. The summed E-state index contributed by atoms with van der Waals surface area (Å²) in [6, 6.07) is 5.20. The van der Waals surface area contributed by atoms with Crippen molar-refractivity contribution in [2.45, 2.75) is 39.2 Å². The minimum Gasteiger partial charge on any atom is -0.477 e. The summed E-state index contributed by atoms with van der Waals surface area (Å²) in [5.41, 5.74) is 2.92. The number of carboxylic acid groups (broad SMARTS) is 1. The van der Waals surface area contributed by atoms with Crippen molar-refractivity contribution in [1.82, 2.24) is 19.7 Å². The molecule has 27 heavy (non-hydrogen) atoms. The molecule has 1 saturated carbocycles. The fourth-order valence-corrected chi connectivity index (χ4v) is 3.56. The van der Waals surface area contributed by atoms with E-state index >= 15 is 0 Å². The van der Waals surface area contributed by atoms with E-state index in [2.05, 4.69) is 35.0 Å². The lowest BCUT2D eigenvalue weighted by Crippen LogP contribution is -2.38. The maximum absolute atomic E-state index is 10.9. The van der Waals surface area contributed by atoms with Crippen molar-refractivity contribution in [3.05, 3.63) is 48.0 Å². The second-order valence-corrected chi connectivity index (χ2v) is 7.83. The van der Waals surface area contributed by atoms with Crippen LogP contribution in [0.15, 0.2) is 36.8 Å². The van der Waals surface area contributed by atoms with Gasteiger partial charge in [0, 0.05) is 11.6 Å². The second-order valence-electron chi connectivity index (χ2n) is 7.83. The van der Waals surface area contributed by atoms with Gasteiger partial charge < -0.3 is 9.84 Å². The highest BCUT2D eigenvalue weighted by Gasteiger charge is 2.36. The Bertz CT molecular complexity index is 971. The van der Waals surface area contributed by atoms with E-state index in [-0.39, 0.29) is 5.69 Å². The highest BCUT2D eigenvalue weighted by molar-refractivity contribution is 5.85. The molecule has 0 bridgehead atoms. The van der Waals surface area contributed by atoms with E-state index in [0.29, 0.717) is 29.5 Å². The molecule has 1 aliphatic rings. The summed E-state index contributed by atoms with van der Waals surface area (Å²) in [5.74, 6) is -1.05. The van der Waals surface area contributed by atoms with Gasteiger partial charge in [-0.15, -0.1) is 0 Å². The van der Waals surface area contributed by atoms with Crippen LogP contribution in [0, 0.1) is 5.41 Å². The van der Waals surface area contributed by atoms with E-state index in [1.165, 1.54) is 12.3 Å². The molecular weight excluding hydrogens is 344 g/mol. The van der Waals surface area contributed by atoms with Crippen molar-refractivity contribution in [3.63, 3.8) is 0 Å². The molecule has 0 unspecified atom stereocenters. The zero-order valence-corrected chi connectivity index (χ0v) is 15.4. The molecule has 3 heterocycles. The van der Waals surface area contributed by atoms with Crippen LogP contribution in [0.1, 0.15) is 42.7 Å². The third-order valence-electron chi connectivity index (χ3n) is 4.98. The van der Waals surface area contributed by atoms with E-state index in [4.69, 9.17) is 9.84 Å². The van der Waals surface area contributed by atoms with Crippen molar-refractivity contribution in [2.24, 2.45) is 5.41 Å². The average Bonchev–Trinajstić information content (AvgIpc) is 3.03. The molecule has 0 spiro atoms. The zero-order valence-electron chi connectivity index (χ0n) is 15.4. The maximum atomic E-state index is 10.9. The fourth-order valence-electron chi connectivity index (χ4n) is 3.56. The number of carboxylic acids is 1. The molecule has 0 aromatic carbocycles. The summed E-state index contributed by atoms with van der Waals surface area (Å²) in [6.07, 6.45) is 8.55. The normalized spacial score (nSPS) is 16.4. The highest BCUT2D eigenvalue weighted by Crippen LogP contribution is 2.41. The van der Waals surface area contributed by atoms with Gasteiger partial charge in [-0.05, 0) is 48.4 Å². The van der Waals surface area contributed by atoms with Crippen molar-refractivity contribution in [1.29, 1.82) is 0 Å². The molecule has 7 nitrogen and oxygen atoms in total. The first kappa shape index (κ1) is 17.6. The minimum atomic E-state index is -1.05. The SMILES string of the molecule is CC1(C)CC(OCCc2cnc3c(cnn3-c3ccc(C(=O)O)nc3)c2)C1.